The monoisotopic (exact) mass is 636 g/mol. The Bertz CT molecular complexity index is 2630. The first kappa shape index (κ1) is 28.4. The van der Waals surface area contributed by atoms with Crippen LogP contribution in [0.3, 0.4) is 0 Å². The van der Waals surface area contributed by atoms with E-state index in [2.05, 4.69) is 203 Å². The first-order chi connectivity index (χ1) is 24.8. The molecule has 2 aromatic heterocycles. The molecule has 234 valence electrons. The van der Waals surface area contributed by atoms with Crippen molar-refractivity contribution in [1.29, 1.82) is 0 Å². The summed E-state index contributed by atoms with van der Waals surface area (Å²) in [6.45, 7) is 0. The molecular formula is C48H32N2. The number of nitrogens with zero attached hydrogens (tertiary/aromatic N) is 2. The highest BCUT2D eigenvalue weighted by atomic mass is 15.0. The molecule has 10 aromatic rings. The van der Waals surface area contributed by atoms with E-state index in [1.165, 1.54) is 77.0 Å². The zero-order valence-corrected chi connectivity index (χ0v) is 27.4. The number of benzene rings is 8. The summed E-state index contributed by atoms with van der Waals surface area (Å²) in [5.74, 6) is 0. The van der Waals surface area contributed by atoms with Gasteiger partial charge >= 0.3 is 0 Å². The topological polar surface area (TPSA) is 9.86 Å². The molecule has 50 heavy (non-hydrogen) atoms. The SMILES string of the molecule is c1ccc(-c2ccc3c(c2)c2cc(-c4ccc5c(c4)c4cc(-c6ccccc6)ccc4n5-c4ccccc4)ccc2n3-c2ccccc2)cc1. The third-order valence-electron chi connectivity index (χ3n) is 10.1. The lowest BCUT2D eigenvalue weighted by atomic mass is 9.98. The minimum atomic E-state index is 1.16. The minimum absolute atomic E-state index is 1.16. The van der Waals surface area contributed by atoms with Gasteiger partial charge in [-0.3, -0.25) is 0 Å². The van der Waals surface area contributed by atoms with E-state index in [9.17, 15) is 0 Å². The number of hydrogen-bond acceptors (Lipinski definition) is 0. The Labute approximate surface area is 290 Å². The molecule has 2 heteroatoms. The molecule has 0 aliphatic carbocycles. The highest BCUT2D eigenvalue weighted by Gasteiger charge is 2.17. The van der Waals surface area contributed by atoms with Crippen LogP contribution in [0.5, 0.6) is 0 Å². The van der Waals surface area contributed by atoms with E-state index in [1.54, 1.807) is 0 Å². The Morgan fingerprint density at radius 2 is 0.480 bits per heavy atom. The third kappa shape index (κ3) is 4.57. The second kappa shape index (κ2) is 11.5. The first-order valence-electron chi connectivity index (χ1n) is 17.2. The molecule has 0 N–H and O–H groups in total. The fourth-order valence-electron chi connectivity index (χ4n) is 7.74. The van der Waals surface area contributed by atoms with Crippen LogP contribution in [0.4, 0.5) is 0 Å². The van der Waals surface area contributed by atoms with Crippen molar-refractivity contribution in [3.8, 4) is 44.8 Å². The lowest BCUT2D eigenvalue weighted by molar-refractivity contribution is 1.18. The molecule has 0 bridgehead atoms. The van der Waals surface area contributed by atoms with Crippen molar-refractivity contribution in [1.82, 2.24) is 9.13 Å². The zero-order valence-electron chi connectivity index (χ0n) is 27.4. The van der Waals surface area contributed by atoms with E-state index in [-0.39, 0.29) is 0 Å². The fraction of sp³-hybridized carbons (Fsp3) is 0. The van der Waals surface area contributed by atoms with E-state index < -0.39 is 0 Å². The summed E-state index contributed by atoms with van der Waals surface area (Å²) in [7, 11) is 0. The van der Waals surface area contributed by atoms with Crippen LogP contribution >= 0.6 is 0 Å². The van der Waals surface area contributed by atoms with Gasteiger partial charge in [0.2, 0.25) is 0 Å². The zero-order chi connectivity index (χ0) is 33.0. The summed E-state index contributed by atoms with van der Waals surface area (Å²) in [5.41, 5.74) is 14.4. The third-order valence-corrected chi connectivity index (χ3v) is 10.1. The molecule has 0 aliphatic heterocycles. The molecule has 0 atom stereocenters. The second-order valence-electron chi connectivity index (χ2n) is 13.0. The van der Waals surface area contributed by atoms with Crippen LogP contribution in [-0.2, 0) is 0 Å². The summed E-state index contributed by atoms with van der Waals surface area (Å²) < 4.78 is 4.79. The van der Waals surface area contributed by atoms with E-state index in [0.717, 1.165) is 11.4 Å². The molecule has 10 rings (SSSR count). The van der Waals surface area contributed by atoms with E-state index in [4.69, 9.17) is 0 Å². The summed E-state index contributed by atoms with van der Waals surface area (Å²) >= 11 is 0. The molecule has 0 fully saturated rings. The lowest BCUT2D eigenvalue weighted by Gasteiger charge is -2.09. The van der Waals surface area contributed by atoms with Gasteiger partial charge in [0, 0.05) is 32.9 Å². The van der Waals surface area contributed by atoms with E-state index >= 15 is 0 Å². The number of hydrogen-bond donors (Lipinski definition) is 0. The highest BCUT2D eigenvalue weighted by molar-refractivity contribution is 6.14. The molecular weight excluding hydrogens is 605 g/mol. The summed E-state index contributed by atoms with van der Waals surface area (Å²) in [5, 5.41) is 5.00. The Balaban J connectivity index is 1.20. The van der Waals surface area contributed by atoms with Crippen LogP contribution < -0.4 is 0 Å². The van der Waals surface area contributed by atoms with Crippen LogP contribution in [-0.4, -0.2) is 9.13 Å². The van der Waals surface area contributed by atoms with Crippen molar-refractivity contribution in [3.63, 3.8) is 0 Å². The first-order valence-corrected chi connectivity index (χ1v) is 17.2. The van der Waals surface area contributed by atoms with Crippen molar-refractivity contribution in [2.75, 3.05) is 0 Å². The van der Waals surface area contributed by atoms with Gasteiger partial charge in [0.05, 0.1) is 22.1 Å². The highest BCUT2D eigenvalue weighted by Crippen LogP contribution is 2.40. The maximum atomic E-state index is 2.39. The van der Waals surface area contributed by atoms with Gasteiger partial charge in [0.25, 0.3) is 0 Å². The Morgan fingerprint density at radius 1 is 0.220 bits per heavy atom. The number of aromatic nitrogens is 2. The maximum Gasteiger partial charge on any atom is 0.0541 e. The summed E-state index contributed by atoms with van der Waals surface area (Å²) in [6.07, 6.45) is 0. The van der Waals surface area contributed by atoms with Crippen LogP contribution in [0.2, 0.25) is 0 Å². The average Bonchev–Trinajstić information content (AvgIpc) is 3.70. The van der Waals surface area contributed by atoms with E-state index in [0.29, 0.717) is 0 Å². The number of fused-ring (bicyclic) bond motifs is 6. The van der Waals surface area contributed by atoms with Crippen molar-refractivity contribution in [3.05, 3.63) is 194 Å². The van der Waals surface area contributed by atoms with Crippen molar-refractivity contribution < 1.29 is 0 Å². The molecule has 0 amide bonds. The van der Waals surface area contributed by atoms with Gasteiger partial charge in [0.1, 0.15) is 0 Å². The van der Waals surface area contributed by atoms with Crippen LogP contribution in [0.15, 0.2) is 194 Å². The predicted molar refractivity (Wildman–Crippen MR) is 211 cm³/mol. The summed E-state index contributed by atoms with van der Waals surface area (Å²) in [4.78, 5) is 0. The molecule has 0 aliphatic rings. The van der Waals surface area contributed by atoms with Crippen molar-refractivity contribution in [2.24, 2.45) is 0 Å². The Kier molecular flexibility index (Phi) is 6.53. The molecule has 0 spiro atoms. The van der Waals surface area contributed by atoms with E-state index in [1.807, 2.05) is 0 Å². The van der Waals surface area contributed by atoms with Gasteiger partial charge in [-0.25, -0.2) is 0 Å². The Hall–Kier alpha value is -6.64. The quantitative estimate of drug-likeness (QED) is 0.178. The largest absolute Gasteiger partial charge is 0.309 e. The van der Waals surface area contributed by atoms with Gasteiger partial charge in [-0.15, -0.1) is 0 Å². The normalized spacial score (nSPS) is 11.6. The van der Waals surface area contributed by atoms with Gasteiger partial charge in [-0.1, -0.05) is 121 Å². The molecule has 0 unspecified atom stereocenters. The average molecular weight is 637 g/mol. The molecule has 2 heterocycles. The molecule has 0 saturated heterocycles. The molecule has 8 aromatic carbocycles. The van der Waals surface area contributed by atoms with Gasteiger partial charge < -0.3 is 9.13 Å². The standard InChI is InChI=1S/C48H32N2/c1-5-13-33(14-6-1)35-21-25-45-41(29-35)43-31-37(23-27-47(43)49(45)39-17-9-3-10-18-39)38-24-28-48-44(32-38)42-30-36(34-15-7-2-8-16-34)22-26-46(42)50(48)40-19-11-4-12-20-40/h1-32H. The van der Waals surface area contributed by atoms with Gasteiger partial charge in [-0.05, 0) is 106 Å². The molecule has 2 nitrogen and oxygen atoms in total. The smallest absolute Gasteiger partial charge is 0.0541 e. The maximum absolute atomic E-state index is 2.39. The lowest BCUT2D eigenvalue weighted by Crippen LogP contribution is -1.93. The number of rotatable bonds is 5. The van der Waals surface area contributed by atoms with Gasteiger partial charge in [0.15, 0.2) is 0 Å². The minimum Gasteiger partial charge on any atom is -0.309 e. The van der Waals surface area contributed by atoms with Crippen molar-refractivity contribution in [2.45, 2.75) is 0 Å². The molecule has 0 radical (unpaired) electrons. The molecule has 0 saturated carbocycles. The fourth-order valence-corrected chi connectivity index (χ4v) is 7.74. The van der Waals surface area contributed by atoms with Crippen LogP contribution in [0, 0.1) is 0 Å². The predicted octanol–water partition coefficient (Wildman–Crippen LogP) is 12.9. The van der Waals surface area contributed by atoms with Gasteiger partial charge in [-0.2, -0.15) is 0 Å². The number of para-hydroxylation sites is 2. The Morgan fingerprint density at radius 3 is 0.780 bits per heavy atom. The second-order valence-corrected chi connectivity index (χ2v) is 13.0. The summed E-state index contributed by atoms with van der Waals surface area (Å²) in [6, 6.07) is 70.4. The van der Waals surface area contributed by atoms with Crippen molar-refractivity contribution >= 4 is 43.6 Å². The van der Waals surface area contributed by atoms with Crippen LogP contribution in [0.1, 0.15) is 0 Å². The van der Waals surface area contributed by atoms with Crippen LogP contribution in [0.25, 0.3) is 88.4 Å².